The van der Waals surface area contributed by atoms with Crippen molar-refractivity contribution in [3.63, 3.8) is 0 Å². The molecule has 2 aromatic rings. The van der Waals surface area contributed by atoms with Gasteiger partial charge in [0.25, 0.3) is 0 Å². The lowest BCUT2D eigenvalue weighted by atomic mass is 9.90. The van der Waals surface area contributed by atoms with Crippen molar-refractivity contribution in [3.05, 3.63) is 70.8 Å². The van der Waals surface area contributed by atoms with Gasteiger partial charge in [0.05, 0.1) is 6.61 Å². The number of hydrogen-bond acceptors (Lipinski definition) is 1. The van der Waals surface area contributed by atoms with Crippen LogP contribution in [0.4, 0.5) is 0 Å². The van der Waals surface area contributed by atoms with Gasteiger partial charge in [0.2, 0.25) is 0 Å². The summed E-state index contributed by atoms with van der Waals surface area (Å²) in [6, 6.07) is 17.6. The third kappa shape index (κ3) is 2.32. The van der Waals surface area contributed by atoms with E-state index in [4.69, 9.17) is 0 Å². The fourth-order valence-electron chi connectivity index (χ4n) is 2.66. The molecule has 4 aliphatic rings. The maximum atomic E-state index is 9.58. The van der Waals surface area contributed by atoms with E-state index in [1.807, 2.05) is 0 Å². The molecular formula is C17H18O. The number of aliphatic hydroxyl groups is 1. The van der Waals surface area contributed by atoms with E-state index in [1.54, 1.807) is 0 Å². The molecule has 1 heteroatoms. The largest absolute Gasteiger partial charge is 0.396 e. The van der Waals surface area contributed by atoms with Crippen molar-refractivity contribution in [1.82, 2.24) is 0 Å². The second-order valence-electron chi connectivity index (χ2n) is 5.14. The van der Waals surface area contributed by atoms with Crippen molar-refractivity contribution >= 4 is 0 Å². The molecule has 4 aliphatic carbocycles. The van der Waals surface area contributed by atoms with Crippen LogP contribution in [0.15, 0.2) is 48.5 Å². The minimum atomic E-state index is 0.209. The number of rotatable bonds is 1. The Hall–Kier alpha value is -1.60. The molecule has 1 atom stereocenters. The topological polar surface area (TPSA) is 20.2 Å². The quantitative estimate of drug-likeness (QED) is 0.809. The molecule has 0 saturated carbocycles. The summed E-state index contributed by atoms with van der Waals surface area (Å²) in [5.74, 6) is 0.212. The zero-order valence-corrected chi connectivity index (χ0v) is 10.5. The average molecular weight is 238 g/mol. The highest BCUT2D eigenvalue weighted by Gasteiger charge is 2.12. The van der Waals surface area contributed by atoms with Gasteiger partial charge in [-0.1, -0.05) is 48.5 Å². The fourth-order valence-corrected chi connectivity index (χ4v) is 2.66. The van der Waals surface area contributed by atoms with E-state index in [1.165, 1.54) is 22.3 Å². The summed E-state index contributed by atoms with van der Waals surface area (Å²) in [7, 11) is 0. The van der Waals surface area contributed by atoms with Crippen LogP contribution < -0.4 is 0 Å². The van der Waals surface area contributed by atoms with Crippen molar-refractivity contribution in [2.24, 2.45) is 0 Å². The van der Waals surface area contributed by atoms with Gasteiger partial charge in [0.15, 0.2) is 0 Å². The summed E-state index contributed by atoms with van der Waals surface area (Å²) in [5, 5.41) is 9.58. The second kappa shape index (κ2) is 4.95. The summed E-state index contributed by atoms with van der Waals surface area (Å²) >= 11 is 0. The molecule has 0 heterocycles. The van der Waals surface area contributed by atoms with Crippen LogP contribution in [-0.2, 0) is 19.3 Å². The highest BCUT2D eigenvalue weighted by atomic mass is 16.3. The van der Waals surface area contributed by atoms with Crippen molar-refractivity contribution < 1.29 is 5.11 Å². The fraction of sp³-hybridized carbons (Fsp3) is 0.294. The van der Waals surface area contributed by atoms with E-state index < -0.39 is 0 Å². The van der Waals surface area contributed by atoms with Gasteiger partial charge < -0.3 is 5.11 Å². The van der Waals surface area contributed by atoms with Crippen LogP contribution in [0.25, 0.3) is 0 Å². The first-order valence-electron chi connectivity index (χ1n) is 6.62. The monoisotopic (exact) mass is 238 g/mol. The Labute approximate surface area is 108 Å². The lowest BCUT2D eigenvalue weighted by molar-refractivity contribution is 0.264. The van der Waals surface area contributed by atoms with Crippen LogP contribution in [0.3, 0.4) is 0 Å². The Morgan fingerprint density at radius 3 is 1.83 bits per heavy atom. The Morgan fingerprint density at radius 1 is 0.778 bits per heavy atom. The van der Waals surface area contributed by atoms with Gasteiger partial charge in [-0.15, -0.1) is 0 Å². The van der Waals surface area contributed by atoms with E-state index in [2.05, 4.69) is 48.5 Å². The molecule has 2 aromatic carbocycles. The van der Waals surface area contributed by atoms with Gasteiger partial charge in [-0.25, -0.2) is 0 Å². The highest BCUT2D eigenvalue weighted by Crippen LogP contribution is 2.23. The van der Waals surface area contributed by atoms with Gasteiger partial charge in [0, 0.05) is 5.92 Å². The Bertz CT molecular complexity index is 510. The van der Waals surface area contributed by atoms with Crippen molar-refractivity contribution in [2.45, 2.75) is 25.2 Å². The summed E-state index contributed by atoms with van der Waals surface area (Å²) in [4.78, 5) is 0. The van der Waals surface area contributed by atoms with Gasteiger partial charge in [0.1, 0.15) is 0 Å². The molecule has 18 heavy (non-hydrogen) atoms. The Kier molecular flexibility index (Phi) is 3.16. The van der Waals surface area contributed by atoms with Crippen molar-refractivity contribution in [3.8, 4) is 0 Å². The average Bonchev–Trinajstić information content (AvgIpc) is 2.42. The van der Waals surface area contributed by atoms with E-state index in [9.17, 15) is 5.11 Å². The Balaban J connectivity index is 2.01. The molecule has 1 nitrogen and oxygen atoms in total. The van der Waals surface area contributed by atoms with E-state index in [0.29, 0.717) is 0 Å². The predicted octanol–water partition coefficient (Wildman–Crippen LogP) is 3.10. The van der Waals surface area contributed by atoms with Crippen molar-refractivity contribution in [1.29, 1.82) is 0 Å². The summed E-state index contributed by atoms with van der Waals surface area (Å²) < 4.78 is 0. The first-order valence-corrected chi connectivity index (χ1v) is 6.62. The van der Waals surface area contributed by atoms with Crippen LogP contribution in [0.1, 0.15) is 28.2 Å². The lowest BCUT2D eigenvalue weighted by Crippen LogP contribution is -2.08. The second-order valence-corrected chi connectivity index (χ2v) is 5.14. The normalized spacial score (nSPS) is 18.4. The first kappa shape index (κ1) is 11.5. The van der Waals surface area contributed by atoms with Gasteiger partial charge in [-0.2, -0.15) is 0 Å². The smallest absolute Gasteiger partial charge is 0.0502 e. The number of benzene rings is 2. The van der Waals surface area contributed by atoms with Crippen LogP contribution in [0.2, 0.25) is 0 Å². The zero-order chi connectivity index (χ0) is 12.4. The predicted molar refractivity (Wildman–Crippen MR) is 73.8 cm³/mol. The SMILES string of the molecule is OCC1Cc2ccc(cc2)CCc2ccc1cc2. The molecular weight excluding hydrogens is 220 g/mol. The van der Waals surface area contributed by atoms with E-state index in [-0.39, 0.29) is 12.5 Å². The highest BCUT2D eigenvalue weighted by molar-refractivity contribution is 5.31. The summed E-state index contributed by atoms with van der Waals surface area (Å²) in [6.07, 6.45) is 3.10. The summed E-state index contributed by atoms with van der Waals surface area (Å²) in [6.45, 7) is 0.209. The van der Waals surface area contributed by atoms with Crippen LogP contribution in [0.5, 0.6) is 0 Å². The molecule has 0 aliphatic heterocycles. The van der Waals surface area contributed by atoms with E-state index in [0.717, 1.165) is 19.3 Å². The molecule has 0 fully saturated rings. The first-order chi connectivity index (χ1) is 8.85. The molecule has 0 saturated heterocycles. The minimum Gasteiger partial charge on any atom is -0.396 e. The van der Waals surface area contributed by atoms with Crippen LogP contribution in [0, 0.1) is 0 Å². The van der Waals surface area contributed by atoms with Gasteiger partial charge >= 0.3 is 0 Å². The zero-order valence-electron chi connectivity index (χ0n) is 10.5. The minimum absolute atomic E-state index is 0.209. The molecule has 0 aromatic heterocycles. The number of aryl methyl sites for hydroxylation is 2. The summed E-state index contributed by atoms with van der Waals surface area (Å²) in [5.41, 5.74) is 5.32. The van der Waals surface area contributed by atoms with Crippen molar-refractivity contribution in [2.75, 3.05) is 6.61 Å². The molecule has 6 rings (SSSR count). The molecule has 0 amide bonds. The van der Waals surface area contributed by atoms with Gasteiger partial charge in [-0.05, 0) is 41.5 Å². The lowest BCUT2D eigenvalue weighted by Gasteiger charge is -2.17. The third-order valence-electron chi connectivity index (χ3n) is 3.88. The molecule has 0 spiro atoms. The number of aliphatic hydroxyl groups excluding tert-OH is 1. The Morgan fingerprint density at radius 2 is 1.28 bits per heavy atom. The molecule has 92 valence electrons. The molecule has 4 bridgehead atoms. The molecule has 1 N–H and O–H groups in total. The van der Waals surface area contributed by atoms with Crippen LogP contribution >= 0.6 is 0 Å². The molecule has 1 unspecified atom stereocenters. The molecule has 0 radical (unpaired) electrons. The van der Waals surface area contributed by atoms with Gasteiger partial charge in [-0.3, -0.25) is 0 Å². The number of hydrogen-bond donors (Lipinski definition) is 1. The maximum Gasteiger partial charge on any atom is 0.0502 e. The third-order valence-corrected chi connectivity index (χ3v) is 3.88. The van der Waals surface area contributed by atoms with Crippen LogP contribution in [-0.4, -0.2) is 11.7 Å². The van der Waals surface area contributed by atoms with E-state index >= 15 is 0 Å². The maximum absolute atomic E-state index is 9.58. The standard InChI is InChI=1S/C17H18O/c18-12-17-11-15-5-3-13(4-6-15)1-2-14-7-9-16(17)10-8-14/h3-10,17-18H,1-2,11-12H2.